The van der Waals surface area contributed by atoms with E-state index in [1.54, 1.807) is 7.05 Å². The minimum absolute atomic E-state index is 0.0185. The molecule has 1 aromatic carbocycles. The Morgan fingerprint density at radius 2 is 1.90 bits per heavy atom. The molecular formula is C19H23F2N7OS. The normalized spacial score (nSPS) is 16.1. The number of aliphatic imine (C=N–C) groups is 1. The number of carbonyl (C=O) groups is 1. The molecule has 30 heavy (non-hydrogen) atoms. The molecule has 0 aliphatic carbocycles. The van der Waals surface area contributed by atoms with E-state index >= 15 is 0 Å². The van der Waals surface area contributed by atoms with E-state index in [1.165, 1.54) is 12.3 Å². The largest absolute Gasteiger partial charge is 0.403 e. The van der Waals surface area contributed by atoms with Crippen LogP contribution in [0.4, 0.5) is 13.8 Å². The van der Waals surface area contributed by atoms with Crippen LogP contribution < -0.4 is 16.8 Å². The average molecular weight is 436 g/mol. The third-order valence-corrected chi connectivity index (χ3v) is 5.62. The van der Waals surface area contributed by atoms with Gasteiger partial charge in [-0.3, -0.25) is 9.79 Å². The second kappa shape index (κ2) is 9.18. The highest BCUT2D eigenvalue weighted by Gasteiger charge is 2.25. The van der Waals surface area contributed by atoms with E-state index in [9.17, 15) is 13.6 Å². The molecule has 0 unspecified atom stereocenters. The summed E-state index contributed by atoms with van der Waals surface area (Å²) in [6.07, 6.45) is 1.25. The van der Waals surface area contributed by atoms with E-state index in [2.05, 4.69) is 20.2 Å². The second-order valence-corrected chi connectivity index (χ2v) is 7.73. The van der Waals surface area contributed by atoms with Gasteiger partial charge < -0.3 is 26.6 Å². The van der Waals surface area contributed by atoms with Gasteiger partial charge in [0.15, 0.2) is 5.69 Å². The van der Waals surface area contributed by atoms with Gasteiger partial charge in [-0.15, -0.1) is 0 Å². The Kier molecular flexibility index (Phi) is 6.63. The molecule has 160 valence electrons. The lowest BCUT2D eigenvalue weighted by Gasteiger charge is -2.35. The molecular weight excluding hydrogens is 412 g/mol. The lowest BCUT2D eigenvalue weighted by Crippen LogP contribution is -2.49. The first-order valence-corrected chi connectivity index (χ1v) is 10.0. The van der Waals surface area contributed by atoms with Crippen molar-refractivity contribution in [1.82, 2.24) is 20.1 Å². The Morgan fingerprint density at radius 3 is 2.47 bits per heavy atom. The van der Waals surface area contributed by atoms with Crippen molar-refractivity contribution in [3.63, 3.8) is 0 Å². The third-order valence-electron chi connectivity index (χ3n) is 4.72. The highest BCUT2D eigenvalue weighted by Crippen LogP contribution is 2.33. The lowest BCUT2D eigenvalue weighted by atomic mass is 10.2. The predicted octanol–water partition coefficient (Wildman–Crippen LogP) is 1.48. The lowest BCUT2D eigenvalue weighted by molar-refractivity contribution is 0.0963. The van der Waals surface area contributed by atoms with Gasteiger partial charge in [-0.2, -0.15) is 0 Å². The van der Waals surface area contributed by atoms with Gasteiger partial charge in [-0.25, -0.2) is 13.8 Å². The molecule has 8 nitrogen and oxygen atoms in total. The van der Waals surface area contributed by atoms with Crippen LogP contribution in [0.1, 0.15) is 10.5 Å². The number of amides is 1. The monoisotopic (exact) mass is 435 g/mol. The van der Waals surface area contributed by atoms with Gasteiger partial charge in [0.05, 0.1) is 11.3 Å². The number of rotatable bonds is 4. The molecule has 1 saturated heterocycles. The summed E-state index contributed by atoms with van der Waals surface area (Å²) in [5.74, 6) is -1.67. The molecule has 0 spiro atoms. The Bertz CT molecular complexity index is 977. The maximum atomic E-state index is 14.1. The number of amidine groups is 1. The van der Waals surface area contributed by atoms with Crippen molar-refractivity contribution in [2.75, 3.05) is 46.0 Å². The number of benzene rings is 1. The van der Waals surface area contributed by atoms with Crippen LogP contribution in [0.5, 0.6) is 0 Å². The molecule has 11 heteroatoms. The van der Waals surface area contributed by atoms with Crippen LogP contribution in [0.25, 0.3) is 10.6 Å². The fourth-order valence-electron chi connectivity index (χ4n) is 3.11. The molecule has 1 aromatic heterocycles. The first kappa shape index (κ1) is 21.7. The number of nitrogens with two attached hydrogens (primary N) is 2. The van der Waals surface area contributed by atoms with Gasteiger partial charge in [-0.1, -0.05) is 17.4 Å². The smallest absolute Gasteiger partial charge is 0.277 e. The summed E-state index contributed by atoms with van der Waals surface area (Å²) in [7, 11) is 3.64. The van der Waals surface area contributed by atoms with Crippen LogP contribution in [-0.4, -0.2) is 66.8 Å². The molecule has 0 radical (unpaired) electrons. The van der Waals surface area contributed by atoms with Crippen molar-refractivity contribution >= 4 is 28.1 Å². The SMILES string of the molecule is CN=C(/C(=C\N)NC(=O)c1nc(-c2c(F)cccc2F)sc1N)N1CCN(C)CC1. The maximum absolute atomic E-state index is 14.1. The topological polar surface area (TPSA) is 113 Å². The van der Waals surface area contributed by atoms with E-state index in [0.717, 1.165) is 49.6 Å². The van der Waals surface area contributed by atoms with Gasteiger partial charge in [0, 0.05) is 39.4 Å². The molecule has 2 heterocycles. The van der Waals surface area contributed by atoms with E-state index in [0.29, 0.717) is 11.5 Å². The Morgan fingerprint density at radius 1 is 1.27 bits per heavy atom. The number of anilines is 1. The van der Waals surface area contributed by atoms with Crippen LogP contribution in [-0.2, 0) is 0 Å². The second-order valence-electron chi connectivity index (χ2n) is 6.70. The zero-order chi connectivity index (χ0) is 21.8. The summed E-state index contributed by atoms with van der Waals surface area (Å²) >= 11 is 0.830. The molecule has 1 amide bonds. The molecule has 1 aliphatic heterocycles. The molecule has 5 N–H and O–H groups in total. The molecule has 2 aromatic rings. The van der Waals surface area contributed by atoms with E-state index in [-0.39, 0.29) is 21.3 Å². The number of nitrogens with zero attached hydrogens (tertiary/aromatic N) is 4. The summed E-state index contributed by atoms with van der Waals surface area (Å²) in [5.41, 5.74) is 11.5. The van der Waals surface area contributed by atoms with Gasteiger partial charge in [0.1, 0.15) is 27.5 Å². The van der Waals surface area contributed by atoms with Crippen LogP contribution in [0.3, 0.4) is 0 Å². The standard InChI is InChI=1S/C19H23F2N7OS/c1-24-17(28-8-6-27(2)7-9-28)13(10-22)25-18(29)15-16(23)30-19(26-15)14-11(20)4-3-5-12(14)21/h3-5,10H,6-9,22-23H2,1-2H3,(H,25,29)/b13-10+,24-17?. The Balaban J connectivity index is 1.82. The predicted molar refractivity (Wildman–Crippen MR) is 114 cm³/mol. The zero-order valence-electron chi connectivity index (χ0n) is 16.7. The summed E-state index contributed by atoms with van der Waals surface area (Å²) < 4.78 is 28.1. The summed E-state index contributed by atoms with van der Waals surface area (Å²) in [4.78, 5) is 25.3. The fourth-order valence-corrected chi connectivity index (χ4v) is 3.99. The van der Waals surface area contributed by atoms with Crippen molar-refractivity contribution in [3.05, 3.63) is 47.4 Å². The molecule has 0 saturated carbocycles. The number of aromatic nitrogens is 1. The zero-order valence-corrected chi connectivity index (χ0v) is 17.5. The maximum Gasteiger partial charge on any atom is 0.277 e. The first-order valence-electron chi connectivity index (χ1n) is 9.20. The van der Waals surface area contributed by atoms with E-state index < -0.39 is 17.5 Å². The minimum Gasteiger partial charge on any atom is -0.403 e. The number of hydrogen-bond acceptors (Lipinski definition) is 7. The highest BCUT2D eigenvalue weighted by atomic mass is 32.1. The van der Waals surface area contributed by atoms with Crippen LogP contribution in [0, 0.1) is 11.6 Å². The number of hydrogen-bond donors (Lipinski definition) is 3. The number of likely N-dealkylation sites (N-methyl/N-ethyl adjacent to an activating group) is 1. The molecule has 1 fully saturated rings. The number of carbonyl (C=O) groups excluding carboxylic acids is 1. The number of halogens is 2. The van der Waals surface area contributed by atoms with Crippen LogP contribution >= 0.6 is 11.3 Å². The number of thiazole rings is 1. The molecule has 3 rings (SSSR count). The minimum atomic E-state index is -0.784. The number of nitrogens with one attached hydrogen (secondary N) is 1. The van der Waals surface area contributed by atoms with Crippen molar-refractivity contribution in [2.24, 2.45) is 10.7 Å². The average Bonchev–Trinajstić information content (AvgIpc) is 3.10. The van der Waals surface area contributed by atoms with Crippen molar-refractivity contribution in [2.45, 2.75) is 0 Å². The van der Waals surface area contributed by atoms with Crippen molar-refractivity contribution in [1.29, 1.82) is 0 Å². The van der Waals surface area contributed by atoms with Gasteiger partial charge in [-0.05, 0) is 19.2 Å². The summed E-state index contributed by atoms with van der Waals surface area (Å²) in [6, 6.07) is 3.48. The molecule has 0 atom stereocenters. The summed E-state index contributed by atoms with van der Waals surface area (Å²) in [6.45, 7) is 3.15. The van der Waals surface area contributed by atoms with Crippen LogP contribution in [0.15, 0.2) is 35.1 Å². The molecule has 1 aliphatic rings. The highest BCUT2D eigenvalue weighted by molar-refractivity contribution is 7.19. The van der Waals surface area contributed by atoms with Gasteiger partial charge in [0.2, 0.25) is 0 Å². The van der Waals surface area contributed by atoms with Crippen molar-refractivity contribution < 1.29 is 13.6 Å². The first-order chi connectivity index (χ1) is 14.3. The summed E-state index contributed by atoms with van der Waals surface area (Å²) in [5, 5.41) is 2.68. The van der Waals surface area contributed by atoms with Crippen molar-refractivity contribution in [3.8, 4) is 10.6 Å². The fraction of sp³-hybridized carbons (Fsp3) is 0.316. The van der Waals surface area contributed by atoms with E-state index in [1.807, 2.05) is 11.9 Å². The third kappa shape index (κ3) is 4.41. The number of piperazine rings is 1. The Hall–Kier alpha value is -3.05. The van der Waals surface area contributed by atoms with E-state index in [4.69, 9.17) is 11.5 Å². The Labute approximate surface area is 176 Å². The number of nitrogen functional groups attached to an aromatic ring is 1. The quantitative estimate of drug-likeness (QED) is 0.495. The van der Waals surface area contributed by atoms with Gasteiger partial charge >= 0.3 is 0 Å². The molecule has 0 bridgehead atoms. The van der Waals surface area contributed by atoms with Crippen LogP contribution in [0.2, 0.25) is 0 Å². The van der Waals surface area contributed by atoms with Gasteiger partial charge in [0.25, 0.3) is 5.91 Å².